The number of aryl methyl sites for hydroxylation is 1. The third-order valence-corrected chi connectivity index (χ3v) is 3.04. The lowest BCUT2D eigenvalue weighted by atomic mass is 10.2. The van der Waals surface area contributed by atoms with Crippen molar-refractivity contribution in [1.82, 2.24) is 0 Å². The molecule has 0 aliphatic rings. The maximum Gasteiger partial charge on any atom is 0.221 e. The van der Waals surface area contributed by atoms with Gasteiger partial charge in [-0.3, -0.25) is 4.79 Å². The number of furan rings is 1. The molecule has 0 radical (unpaired) electrons. The fraction of sp³-hybridized carbons (Fsp3) is 0.0714. The number of rotatable bonds is 3. The number of ketones is 1. The lowest BCUT2D eigenvalue weighted by molar-refractivity contribution is 0.102. The molecule has 0 spiro atoms. The third kappa shape index (κ3) is 2.84. The SMILES string of the molecule is Cc1ccc(C(=O)/C=C/c2c(Cl)cccc2Cl)o1. The molecule has 0 N–H and O–H groups in total. The highest BCUT2D eigenvalue weighted by Gasteiger charge is 2.07. The van der Waals surface area contributed by atoms with Crippen LogP contribution in [-0.2, 0) is 0 Å². The van der Waals surface area contributed by atoms with E-state index >= 15 is 0 Å². The molecule has 0 saturated carbocycles. The lowest BCUT2D eigenvalue weighted by Crippen LogP contribution is -1.90. The van der Waals surface area contributed by atoms with Crippen LogP contribution in [0.15, 0.2) is 40.8 Å². The summed E-state index contributed by atoms with van der Waals surface area (Å²) in [4.78, 5) is 11.8. The average molecular weight is 281 g/mol. The van der Waals surface area contributed by atoms with E-state index in [1.165, 1.54) is 6.08 Å². The normalized spacial score (nSPS) is 11.1. The molecule has 0 atom stereocenters. The molecular formula is C14H10Cl2O2. The predicted octanol–water partition coefficient (Wildman–Crippen LogP) is 4.79. The van der Waals surface area contributed by atoms with Crippen LogP contribution < -0.4 is 0 Å². The maximum atomic E-state index is 11.8. The molecule has 2 aromatic rings. The smallest absolute Gasteiger partial charge is 0.221 e. The highest BCUT2D eigenvalue weighted by atomic mass is 35.5. The molecular weight excluding hydrogens is 271 g/mol. The van der Waals surface area contributed by atoms with Gasteiger partial charge in [-0.1, -0.05) is 29.3 Å². The van der Waals surface area contributed by atoms with E-state index in [0.717, 1.165) is 0 Å². The zero-order chi connectivity index (χ0) is 13.1. The van der Waals surface area contributed by atoms with Gasteiger partial charge in [0, 0.05) is 15.6 Å². The molecule has 1 heterocycles. The molecule has 0 aliphatic heterocycles. The summed E-state index contributed by atoms with van der Waals surface area (Å²) in [7, 11) is 0. The number of benzene rings is 1. The first kappa shape index (κ1) is 12.9. The molecule has 2 nitrogen and oxygen atoms in total. The summed E-state index contributed by atoms with van der Waals surface area (Å²) in [6.45, 7) is 1.78. The van der Waals surface area contributed by atoms with Gasteiger partial charge in [0.25, 0.3) is 0 Å². The molecule has 4 heteroatoms. The van der Waals surface area contributed by atoms with E-state index in [1.54, 1.807) is 43.3 Å². The van der Waals surface area contributed by atoms with E-state index in [9.17, 15) is 4.79 Å². The van der Waals surface area contributed by atoms with Gasteiger partial charge in [0.2, 0.25) is 5.78 Å². The molecule has 92 valence electrons. The van der Waals surface area contributed by atoms with E-state index in [2.05, 4.69) is 0 Å². The van der Waals surface area contributed by atoms with E-state index in [1.807, 2.05) is 0 Å². The Morgan fingerprint density at radius 3 is 2.39 bits per heavy atom. The van der Waals surface area contributed by atoms with Crippen molar-refractivity contribution in [2.45, 2.75) is 6.92 Å². The van der Waals surface area contributed by atoms with Crippen LogP contribution in [0, 0.1) is 6.92 Å². The van der Waals surface area contributed by atoms with Crippen molar-refractivity contribution < 1.29 is 9.21 Å². The quantitative estimate of drug-likeness (QED) is 0.598. The molecule has 18 heavy (non-hydrogen) atoms. The van der Waals surface area contributed by atoms with Crippen LogP contribution in [0.25, 0.3) is 6.08 Å². The first-order valence-electron chi connectivity index (χ1n) is 5.31. The van der Waals surface area contributed by atoms with Crippen molar-refractivity contribution in [3.63, 3.8) is 0 Å². The van der Waals surface area contributed by atoms with Gasteiger partial charge in [-0.2, -0.15) is 0 Å². The molecule has 0 amide bonds. The second-order valence-electron chi connectivity index (χ2n) is 3.74. The van der Waals surface area contributed by atoms with Crippen molar-refractivity contribution in [2.75, 3.05) is 0 Å². The van der Waals surface area contributed by atoms with Crippen molar-refractivity contribution in [2.24, 2.45) is 0 Å². The van der Waals surface area contributed by atoms with Crippen molar-refractivity contribution in [3.8, 4) is 0 Å². The Morgan fingerprint density at radius 2 is 1.83 bits per heavy atom. The summed E-state index contributed by atoms with van der Waals surface area (Å²) in [5.74, 6) is 0.772. The molecule has 1 aromatic heterocycles. The fourth-order valence-corrected chi connectivity index (χ4v) is 2.00. The Bertz CT molecular complexity index is 592. The predicted molar refractivity (Wildman–Crippen MR) is 73.3 cm³/mol. The summed E-state index contributed by atoms with van der Waals surface area (Å²) in [5, 5.41) is 1.00. The largest absolute Gasteiger partial charge is 0.458 e. The van der Waals surface area contributed by atoms with Gasteiger partial charge >= 0.3 is 0 Å². The number of hydrogen-bond acceptors (Lipinski definition) is 2. The first-order chi connectivity index (χ1) is 8.58. The molecule has 0 aliphatic carbocycles. The number of allylic oxidation sites excluding steroid dienone is 1. The summed E-state index contributed by atoms with van der Waals surface area (Å²) < 4.78 is 5.23. The van der Waals surface area contributed by atoms with Crippen LogP contribution in [0.1, 0.15) is 21.9 Å². The Balaban J connectivity index is 2.24. The Labute approximate surface area is 115 Å². The molecule has 0 saturated heterocycles. The minimum absolute atomic E-state index is 0.223. The van der Waals surface area contributed by atoms with Crippen LogP contribution in [-0.4, -0.2) is 5.78 Å². The van der Waals surface area contributed by atoms with Gasteiger partial charge in [-0.05, 0) is 43.3 Å². The van der Waals surface area contributed by atoms with Crippen molar-refractivity contribution in [3.05, 3.63) is 63.5 Å². The second-order valence-corrected chi connectivity index (χ2v) is 4.56. The topological polar surface area (TPSA) is 30.2 Å². The van der Waals surface area contributed by atoms with E-state index in [-0.39, 0.29) is 5.78 Å². The molecule has 0 bridgehead atoms. The molecule has 1 aromatic carbocycles. The fourth-order valence-electron chi connectivity index (χ4n) is 1.48. The number of halogens is 2. The van der Waals surface area contributed by atoms with Gasteiger partial charge in [0.05, 0.1) is 0 Å². The average Bonchev–Trinajstić information content (AvgIpc) is 2.75. The van der Waals surface area contributed by atoms with E-state index in [4.69, 9.17) is 27.6 Å². The minimum Gasteiger partial charge on any atom is -0.458 e. The number of carbonyl (C=O) groups excluding carboxylic acids is 1. The van der Waals surface area contributed by atoms with Crippen LogP contribution >= 0.6 is 23.2 Å². The van der Waals surface area contributed by atoms with E-state index < -0.39 is 0 Å². The lowest BCUT2D eigenvalue weighted by Gasteiger charge is -2.00. The molecule has 0 fully saturated rings. The van der Waals surface area contributed by atoms with Crippen LogP contribution in [0.5, 0.6) is 0 Å². The van der Waals surface area contributed by atoms with Crippen LogP contribution in [0.3, 0.4) is 0 Å². The van der Waals surface area contributed by atoms with E-state index in [0.29, 0.717) is 27.1 Å². The zero-order valence-corrected chi connectivity index (χ0v) is 11.1. The first-order valence-corrected chi connectivity index (χ1v) is 6.06. The van der Waals surface area contributed by atoms with Gasteiger partial charge in [0.1, 0.15) is 5.76 Å². The zero-order valence-electron chi connectivity index (χ0n) is 9.61. The minimum atomic E-state index is -0.223. The van der Waals surface area contributed by atoms with Gasteiger partial charge < -0.3 is 4.42 Å². The standard InChI is InChI=1S/C14H10Cl2O2/c1-9-5-8-14(18-9)13(17)7-6-10-11(15)3-2-4-12(10)16/h2-8H,1H3/b7-6+. The summed E-state index contributed by atoms with van der Waals surface area (Å²) >= 11 is 12.0. The monoisotopic (exact) mass is 280 g/mol. The van der Waals surface area contributed by atoms with Gasteiger partial charge in [-0.25, -0.2) is 0 Å². The molecule has 0 unspecified atom stereocenters. The van der Waals surface area contributed by atoms with Crippen LogP contribution in [0.4, 0.5) is 0 Å². The Hall–Kier alpha value is -1.51. The summed E-state index contributed by atoms with van der Waals surface area (Å²) in [6, 6.07) is 8.56. The number of carbonyl (C=O) groups is 1. The van der Waals surface area contributed by atoms with Crippen molar-refractivity contribution in [1.29, 1.82) is 0 Å². The Kier molecular flexibility index (Phi) is 3.90. The Morgan fingerprint density at radius 1 is 1.17 bits per heavy atom. The van der Waals surface area contributed by atoms with Gasteiger partial charge in [0.15, 0.2) is 5.76 Å². The van der Waals surface area contributed by atoms with Crippen molar-refractivity contribution >= 4 is 35.1 Å². The van der Waals surface area contributed by atoms with Crippen LogP contribution in [0.2, 0.25) is 10.0 Å². The summed E-state index contributed by atoms with van der Waals surface area (Å²) in [6.07, 6.45) is 2.98. The maximum absolute atomic E-state index is 11.8. The highest BCUT2D eigenvalue weighted by Crippen LogP contribution is 2.25. The highest BCUT2D eigenvalue weighted by molar-refractivity contribution is 6.37. The number of hydrogen-bond donors (Lipinski definition) is 0. The van der Waals surface area contributed by atoms with Gasteiger partial charge in [-0.15, -0.1) is 0 Å². The molecule has 2 rings (SSSR count). The third-order valence-electron chi connectivity index (χ3n) is 2.38. The second kappa shape index (κ2) is 5.42. The summed E-state index contributed by atoms with van der Waals surface area (Å²) in [5.41, 5.74) is 0.623.